The Balaban J connectivity index is 1.54. The Morgan fingerprint density at radius 3 is 2.33 bits per heavy atom. The molecule has 4 bridgehead atoms. The van der Waals surface area contributed by atoms with Crippen LogP contribution in [0.15, 0.2) is 24.3 Å². The Hall–Kier alpha value is -2.31. The van der Waals surface area contributed by atoms with Crippen molar-refractivity contribution in [3.8, 4) is 11.4 Å². The largest absolute Gasteiger partial charge is 0.280 e. The van der Waals surface area contributed by atoms with E-state index in [0.29, 0.717) is 11.4 Å². The molecule has 4 aliphatic rings. The predicted octanol–water partition coefficient (Wildman–Crippen LogP) is 3.17. The predicted molar refractivity (Wildman–Crippen MR) is 86.1 cm³/mol. The molecule has 4 aliphatic carbocycles. The highest BCUT2D eigenvalue weighted by Crippen LogP contribution is 2.58. The number of nitro benzene ring substituents is 1. The summed E-state index contributed by atoms with van der Waals surface area (Å²) in [5, 5.41) is 24.4. The lowest BCUT2D eigenvalue weighted by atomic mass is 9.53. The lowest BCUT2D eigenvalue weighted by molar-refractivity contribution is -0.384. The lowest BCUT2D eigenvalue weighted by Crippen LogP contribution is -2.52. The maximum Gasteiger partial charge on any atom is 0.280 e. The van der Waals surface area contributed by atoms with Crippen LogP contribution in [0.4, 0.5) is 5.69 Å². The first-order valence-corrected chi connectivity index (χ1v) is 8.67. The molecule has 1 heterocycles. The standard InChI is InChI=1S/C17H19N5O2/c23-21(24)15-4-2-1-3-14(15)16-18-20-22(19-16)17-8-11-5-12(9-17)7-13(6-11)10-17/h1-4,11-13H,5-10H2. The summed E-state index contributed by atoms with van der Waals surface area (Å²) >= 11 is 0. The van der Waals surface area contributed by atoms with Crippen LogP contribution in [0.25, 0.3) is 11.4 Å². The van der Waals surface area contributed by atoms with Crippen LogP contribution in [-0.4, -0.2) is 25.1 Å². The summed E-state index contributed by atoms with van der Waals surface area (Å²) in [4.78, 5) is 12.7. The molecule has 7 nitrogen and oxygen atoms in total. The van der Waals surface area contributed by atoms with E-state index in [1.807, 2.05) is 0 Å². The normalized spacial score (nSPS) is 33.8. The number of tetrazole rings is 1. The lowest BCUT2D eigenvalue weighted by Gasteiger charge is -2.55. The van der Waals surface area contributed by atoms with Gasteiger partial charge in [0.2, 0.25) is 5.82 Å². The highest BCUT2D eigenvalue weighted by molar-refractivity contribution is 5.67. The van der Waals surface area contributed by atoms with Crippen LogP contribution < -0.4 is 0 Å². The molecular formula is C17H19N5O2. The van der Waals surface area contributed by atoms with Crippen LogP contribution in [0, 0.1) is 27.9 Å². The van der Waals surface area contributed by atoms with Gasteiger partial charge in [0.05, 0.1) is 10.5 Å². The van der Waals surface area contributed by atoms with Gasteiger partial charge in [-0.25, -0.2) is 0 Å². The van der Waals surface area contributed by atoms with Gasteiger partial charge in [0.25, 0.3) is 5.69 Å². The minimum atomic E-state index is -0.388. The van der Waals surface area contributed by atoms with E-state index in [1.54, 1.807) is 23.0 Å². The fourth-order valence-electron chi connectivity index (χ4n) is 5.65. The zero-order chi connectivity index (χ0) is 16.3. The summed E-state index contributed by atoms with van der Waals surface area (Å²) in [6.07, 6.45) is 7.45. The molecule has 4 fully saturated rings. The number of nitrogens with zero attached hydrogens (tertiary/aromatic N) is 5. The molecule has 0 radical (unpaired) electrons. The van der Waals surface area contributed by atoms with Crippen molar-refractivity contribution in [2.24, 2.45) is 17.8 Å². The van der Waals surface area contributed by atoms with Gasteiger partial charge in [-0.2, -0.15) is 4.80 Å². The minimum absolute atomic E-state index is 0.0104. The van der Waals surface area contributed by atoms with Crippen molar-refractivity contribution >= 4 is 5.69 Å². The summed E-state index contributed by atoms with van der Waals surface area (Å²) in [6, 6.07) is 6.61. The van der Waals surface area contributed by atoms with Crippen LogP contribution in [0.1, 0.15) is 38.5 Å². The van der Waals surface area contributed by atoms with E-state index in [4.69, 9.17) is 0 Å². The molecular weight excluding hydrogens is 306 g/mol. The van der Waals surface area contributed by atoms with Gasteiger partial charge >= 0.3 is 0 Å². The third-order valence-electron chi connectivity index (χ3n) is 6.19. The van der Waals surface area contributed by atoms with Crippen molar-refractivity contribution in [3.05, 3.63) is 34.4 Å². The van der Waals surface area contributed by atoms with Gasteiger partial charge in [0.1, 0.15) is 5.56 Å². The van der Waals surface area contributed by atoms with E-state index in [9.17, 15) is 10.1 Å². The summed E-state index contributed by atoms with van der Waals surface area (Å²) < 4.78 is 0. The summed E-state index contributed by atoms with van der Waals surface area (Å²) in [7, 11) is 0. The Kier molecular flexibility index (Phi) is 2.84. The van der Waals surface area contributed by atoms with E-state index >= 15 is 0 Å². The van der Waals surface area contributed by atoms with Crippen LogP contribution >= 0.6 is 0 Å². The van der Waals surface area contributed by atoms with E-state index < -0.39 is 0 Å². The Morgan fingerprint density at radius 2 is 1.71 bits per heavy atom. The van der Waals surface area contributed by atoms with Crippen molar-refractivity contribution in [2.75, 3.05) is 0 Å². The number of nitro groups is 1. The Bertz CT molecular complexity index is 780. The van der Waals surface area contributed by atoms with Crippen molar-refractivity contribution in [1.82, 2.24) is 20.2 Å². The fourth-order valence-corrected chi connectivity index (χ4v) is 5.65. The number of para-hydroxylation sites is 1. The maximum absolute atomic E-state index is 11.2. The number of rotatable bonds is 3. The van der Waals surface area contributed by atoms with E-state index in [-0.39, 0.29) is 16.1 Å². The van der Waals surface area contributed by atoms with E-state index in [2.05, 4.69) is 15.4 Å². The topological polar surface area (TPSA) is 86.7 Å². The molecule has 0 saturated heterocycles. The summed E-state index contributed by atoms with van der Waals surface area (Å²) in [5.74, 6) is 2.73. The first kappa shape index (κ1) is 14.1. The van der Waals surface area contributed by atoms with Crippen LogP contribution in [0.3, 0.4) is 0 Å². The molecule has 4 saturated carbocycles. The Morgan fingerprint density at radius 1 is 1.08 bits per heavy atom. The molecule has 0 amide bonds. The second-order valence-corrected chi connectivity index (χ2v) is 7.82. The third kappa shape index (κ3) is 2.00. The molecule has 2 aromatic rings. The third-order valence-corrected chi connectivity index (χ3v) is 6.19. The van der Waals surface area contributed by atoms with Crippen molar-refractivity contribution in [2.45, 2.75) is 44.1 Å². The average molecular weight is 325 g/mol. The smallest absolute Gasteiger partial charge is 0.258 e. The number of aromatic nitrogens is 4. The first-order chi connectivity index (χ1) is 11.6. The van der Waals surface area contributed by atoms with Crippen molar-refractivity contribution in [3.63, 3.8) is 0 Å². The second-order valence-electron chi connectivity index (χ2n) is 7.82. The molecule has 124 valence electrons. The molecule has 0 atom stereocenters. The highest BCUT2D eigenvalue weighted by Gasteiger charge is 2.53. The van der Waals surface area contributed by atoms with Gasteiger partial charge in [0.15, 0.2) is 0 Å². The molecule has 24 heavy (non-hydrogen) atoms. The van der Waals surface area contributed by atoms with Gasteiger partial charge in [-0.3, -0.25) is 10.1 Å². The average Bonchev–Trinajstić information content (AvgIpc) is 3.04. The molecule has 0 aliphatic heterocycles. The van der Waals surface area contributed by atoms with E-state index in [0.717, 1.165) is 37.0 Å². The van der Waals surface area contributed by atoms with Gasteiger partial charge < -0.3 is 0 Å². The monoisotopic (exact) mass is 325 g/mol. The molecule has 0 unspecified atom stereocenters. The second kappa shape index (κ2) is 4.84. The molecule has 7 heteroatoms. The van der Waals surface area contributed by atoms with Gasteiger partial charge in [-0.15, -0.1) is 10.2 Å². The first-order valence-electron chi connectivity index (χ1n) is 8.67. The zero-order valence-electron chi connectivity index (χ0n) is 13.3. The highest BCUT2D eigenvalue weighted by atomic mass is 16.6. The molecule has 0 N–H and O–H groups in total. The van der Waals surface area contributed by atoms with Gasteiger partial charge in [-0.05, 0) is 67.6 Å². The SMILES string of the molecule is O=[N+]([O-])c1ccccc1-c1nnn(C23CC4CC(CC(C4)C2)C3)n1. The minimum Gasteiger partial charge on any atom is -0.258 e. The Labute approximate surface area is 139 Å². The summed E-state index contributed by atoms with van der Waals surface area (Å²) in [6.45, 7) is 0. The van der Waals surface area contributed by atoms with Crippen LogP contribution in [-0.2, 0) is 5.54 Å². The van der Waals surface area contributed by atoms with Crippen molar-refractivity contribution in [1.29, 1.82) is 0 Å². The molecule has 1 aromatic heterocycles. The summed E-state index contributed by atoms with van der Waals surface area (Å²) in [5.41, 5.74) is 0.463. The quantitative estimate of drug-likeness (QED) is 0.639. The number of hydrogen-bond acceptors (Lipinski definition) is 5. The van der Waals surface area contributed by atoms with E-state index in [1.165, 1.54) is 25.3 Å². The zero-order valence-corrected chi connectivity index (χ0v) is 13.3. The number of benzene rings is 1. The van der Waals surface area contributed by atoms with Gasteiger partial charge in [-0.1, -0.05) is 12.1 Å². The van der Waals surface area contributed by atoms with Crippen LogP contribution in [0.5, 0.6) is 0 Å². The maximum atomic E-state index is 11.2. The number of hydrogen-bond donors (Lipinski definition) is 0. The van der Waals surface area contributed by atoms with Crippen molar-refractivity contribution < 1.29 is 4.92 Å². The molecule has 0 spiro atoms. The van der Waals surface area contributed by atoms with Crippen LogP contribution in [0.2, 0.25) is 0 Å². The fraction of sp³-hybridized carbons (Fsp3) is 0.588. The van der Waals surface area contributed by atoms with Gasteiger partial charge in [0, 0.05) is 6.07 Å². The molecule has 1 aromatic carbocycles. The molecule has 6 rings (SSSR count).